The second-order valence-corrected chi connectivity index (χ2v) is 9.90. The number of amides is 2. The predicted molar refractivity (Wildman–Crippen MR) is 127 cm³/mol. The van der Waals surface area contributed by atoms with Gasteiger partial charge in [-0.1, -0.05) is 78.6 Å². The summed E-state index contributed by atoms with van der Waals surface area (Å²) in [5.41, 5.74) is 2.80. The summed E-state index contributed by atoms with van der Waals surface area (Å²) >= 11 is 2.73. The van der Waals surface area contributed by atoms with Crippen molar-refractivity contribution in [3.05, 3.63) is 54.6 Å². The maximum absolute atomic E-state index is 12.9. The van der Waals surface area contributed by atoms with Crippen molar-refractivity contribution >= 4 is 45.7 Å². The van der Waals surface area contributed by atoms with E-state index in [0.29, 0.717) is 15.9 Å². The molecule has 0 aliphatic heterocycles. The molecule has 0 saturated heterocycles. The molecule has 2 aromatic carbocycles. The van der Waals surface area contributed by atoms with Gasteiger partial charge in [-0.05, 0) is 31.4 Å². The molecule has 8 heteroatoms. The van der Waals surface area contributed by atoms with Crippen LogP contribution in [0.3, 0.4) is 0 Å². The Balaban J connectivity index is 1.44. The lowest BCUT2D eigenvalue weighted by Crippen LogP contribution is -2.32. The van der Waals surface area contributed by atoms with Gasteiger partial charge in [0, 0.05) is 23.7 Å². The normalized spacial score (nSPS) is 14.1. The number of nitrogens with zero attached hydrogens (tertiary/aromatic N) is 3. The molecule has 0 spiro atoms. The van der Waals surface area contributed by atoms with E-state index in [1.165, 1.54) is 23.1 Å². The molecule has 1 fully saturated rings. The number of carbonyl (C=O) groups is 2. The molecule has 31 heavy (non-hydrogen) atoms. The fourth-order valence-electron chi connectivity index (χ4n) is 3.22. The summed E-state index contributed by atoms with van der Waals surface area (Å²) in [6.07, 6.45) is 2.46. The summed E-state index contributed by atoms with van der Waals surface area (Å²) in [6.45, 7) is 3.70. The van der Waals surface area contributed by atoms with Crippen LogP contribution in [0.5, 0.6) is 0 Å². The first-order chi connectivity index (χ1) is 15.1. The second kappa shape index (κ2) is 9.62. The molecular weight excluding hydrogens is 428 g/mol. The van der Waals surface area contributed by atoms with E-state index in [9.17, 15) is 9.59 Å². The summed E-state index contributed by atoms with van der Waals surface area (Å²) in [4.78, 5) is 26.9. The summed E-state index contributed by atoms with van der Waals surface area (Å²) in [5, 5.41) is 11.7. The first-order valence-electron chi connectivity index (χ1n) is 10.3. The largest absolute Gasteiger partial charge is 0.325 e. The van der Waals surface area contributed by atoms with E-state index in [4.69, 9.17) is 0 Å². The molecule has 4 rings (SSSR count). The lowest BCUT2D eigenvalue weighted by atomic mass is 10.0. The number of hydrogen-bond acceptors (Lipinski definition) is 6. The van der Waals surface area contributed by atoms with Crippen molar-refractivity contribution in [2.45, 2.75) is 48.7 Å². The van der Waals surface area contributed by atoms with Crippen LogP contribution < -0.4 is 10.2 Å². The van der Waals surface area contributed by atoms with E-state index >= 15 is 0 Å². The Labute approximate surface area is 190 Å². The Kier molecular flexibility index (Phi) is 6.67. The van der Waals surface area contributed by atoms with Crippen LogP contribution in [0.4, 0.5) is 10.8 Å². The number of aromatic nitrogens is 2. The quantitative estimate of drug-likeness (QED) is 0.374. The standard InChI is InChI=1S/C23H24N4O2S2/c1-3-20(28)27(17-13-14-17)22-25-26-23(31-22)30-15(2)21(29)24-19-12-8-7-11-18(19)16-9-5-4-6-10-16/h4-12,15,17H,3,13-14H2,1-2H3,(H,24,29)/t15-/m1/s1. The minimum Gasteiger partial charge on any atom is -0.325 e. The second-order valence-electron chi connectivity index (χ2n) is 7.36. The molecule has 3 aromatic rings. The minimum absolute atomic E-state index is 0.0681. The zero-order valence-corrected chi connectivity index (χ0v) is 19.1. The van der Waals surface area contributed by atoms with Gasteiger partial charge in [-0.2, -0.15) is 0 Å². The maximum Gasteiger partial charge on any atom is 0.237 e. The average Bonchev–Trinajstić information content (AvgIpc) is 3.53. The van der Waals surface area contributed by atoms with Crippen LogP contribution in [0, 0.1) is 0 Å². The first kappa shape index (κ1) is 21.5. The topological polar surface area (TPSA) is 75.2 Å². The summed E-state index contributed by atoms with van der Waals surface area (Å²) in [5.74, 6) is -0.0349. The van der Waals surface area contributed by atoms with Gasteiger partial charge in [-0.25, -0.2) is 0 Å². The third-order valence-corrected chi connectivity index (χ3v) is 7.11. The van der Waals surface area contributed by atoms with Crippen molar-refractivity contribution in [3.63, 3.8) is 0 Å². The van der Waals surface area contributed by atoms with Crippen molar-refractivity contribution in [1.82, 2.24) is 10.2 Å². The van der Waals surface area contributed by atoms with Crippen LogP contribution in [0.1, 0.15) is 33.1 Å². The fraction of sp³-hybridized carbons (Fsp3) is 0.304. The van der Waals surface area contributed by atoms with Gasteiger partial charge in [0.15, 0.2) is 4.34 Å². The summed E-state index contributed by atoms with van der Waals surface area (Å²) in [7, 11) is 0. The Bertz CT molecular complexity index is 1070. The highest BCUT2D eigenvalue weighted by molar-refractivity contribution is 8.02. The fourth-order valence-corrected chi connectivity index (χ4v) is 5.29. The Morgan fingerprint density at radius 2 is 1.84 bits per heavy atom. The SMILES string of the molecule is CCC(=O)N(c1nnc(S[C@H](C)C(=O)Nc2ccccc2-c2ccccc2)s1)C1CC1. The molecule has 6 nitrogen and oxygen atoms in total. The van der Waals surface area contributed by atoms with Gasteiger partial charge in [0.25, 0.3) is 0 Å². The molecule has 160 valence electrons. The van der Waals surface area contributed by atoms with Crippen molar-refractivity contribution in [2.24, 2.45) is 0 Å². The maximum atomic E-state index is 12.9. The van der Waals surface area contributed by atoms with Crippen molar-refractivity contribution in [3.8, 4) is 11.1 Å². The molecule has 1 saturated carbocycles. The number of thioether (sulfide) groups is 1. The molecule has 0 radical (unpaired) electrons. The Morgan fingerprint density at radius 3 is 2.55 bits per heavy atom. The Hall–Kier alpha value is -2.71. The number of hydrogen-bond donors (Lipinski definition) is 1. The summed E-state index contributed by atoms with van der Waals surface area (Å²) < 4.78 is 0.684. The van der Waals surface area contributed by atoms with E-state index in [-0.39, 0.29) is 23.1 Å². The van der Waals surface area contributed by atoms with E-state index in [1.54, 1.807) is 4.90 Å². The molecule has 1 aromatic heterocycles. The van der Waals surface area contributed by atoms with Gasteiger partial charge in [0.1, 0.15) is 0 Å². The molecule has 2 amide bonds. The molecule has 1 heterocycles. The molecule has 0 unspecified atom stereocenters. The van der Waals surface area contributed by atoms with E-state index in [1.807, 2.05) is 68.4 Å². The summed E-state index contributed by atoms with van der Waals surface area (Å²) in [6, 6.07) is 18.0. The van der Waals surface area contributed by atoms with Gasteiger partial charge in [-0.3, -0.25) is 14.5 Å². The van der Waals surface area contributed by atoms with Gasteiger partial charge in [0.05, 0.1) is 5.25 Å². The number of nitrogens with one attached hydrogen (secondary N) is 1. The molecule has 1 N–H and O–H groups in total. The Morgan fingerprint density at radius 1 is 1.13 bits per heavy atom. The lowest BCUT2D eigenvalue weighted by molar-refractivity contribution is -0.118. The van der Waals surface area contributed by atoms with Crippen LogP contribution in [0.25, 0.3) is 11.1 Å². The minimum atomic E-state index is -0.360. The third-order valence-electron chi connectivity index (χ3n) is 5.00. The van der Waals surface area contributed by atoms with Crippen LogP contribution in [0.15, 0.2) is 58.9 Å². The molecular formula is C23H24N4O2S2. The monoisotopic (exact) mass is 452 g/mol. The number of benzene rings is 2. The smallest absolute Gasteiger partial charge is 0.237 e. The van der Waals surface area contributed by atoms with Crippen LogP contribution in [-0.2, 0) is 9.59 Å². The molecule has 1 aliphatic rings. The molecule has 1 atom stereocenters. The number of rotatable bonds is 8. The number of carbonyl (C=O) groups excluding carboxylic acids is 2. The van der Waals surface area contributed by atoms with Crippen molar-refractivity contribution in [2.75, 3.05) is 10.2 Å². The average molecular weight is 453 g/mol. The van der Waals surface area contributed by atoms with Gasteiger partial charge >= 0.3 is 0 Å². The zero-order chi connectivity index (χ0) is 21.8. The van der Waals surface area contributed by atoms with E-state index < -0.39 is 0 Å². The highest BCUT2D eigenvalue weighted by atomic mass is 32.2. The van der Waals surface area contributed by atoms with Gasteiger partial charge in [0.2, 0.25) is 16.9 Å². The number of para-hydroxylation sites is 1. The highest BCUT2D eigenvalue weighted by Crippen LogP contribution is 2.37. The molecule has 1 aliphatic carbocycles. The molecule has 0 bridgehead atoms. The van der Waals surface area contributed by atoms with Gasteiger partial charge in [-0.15, -0.1) is 10.2 Å². The lowest BCUT2D eigenvalue weighted by Gasteiger charge is -2.17. The zero-order valence-electron chi connectivity index (χ0n) is 17.4. The van der Waals surface area contributed by atoms with E-state index in [0.717, 1.165) is 29.7 Å². The van der Waals surface area contributed by atoms with E-state index in [2.05, 4.69) is 15.5 Å². The van der Waals surface area contributed by atoms with Gasteiger partial charge < -0.3 is 5.32 Å². The predicted octanol–water partition coefficient (Wildman–Crippen LogP) is 5.23. The van der Waals surface area contributed by atoms with Crippen LogP contribution in [-0.4, -0.2) is 33.3 Å². The third kappa shape index (κ3) is 5.14. The van der Waals surface area contributed by atoms with Crippen LogP contribution in [0.2, 0.25) is 0 Å². The van der Waals surface area contributed by atoms with Crippen molar-refractivity contribution in [1.29, 1.82) is 0 Å². The van der Waals surface area contributed by atoms with Crippen molar-refractivity contribution < 1.29 is 9.59 Å². The first-order valence-corrected chi connectivity index (χ1v) is 12.0. The number of anilines is 2. The van der Waals surface area contributed by atoms with Crippen LogP contribution >= 0.6 is 23.1 Å². The highest BCUT2D eigenvalue weighted by Gasteiger charge is 2.35.